The average molecular weight is 454 g/mol. The lowest BCUT2D eigenvalue weighted by Gasteiger charge is -2.24. The molecule has 0 spiro atoms. The third-order valence-corrected chi connectivity index (χ3v) is 6.32. The molecule has 0 saturated carbocycles. The molecule has 4 heterocycles. The Labute approximate surface area is 184 Å². The first-order chi connectivity index (χ1) is 15.2. The zero-order chi connectivity index (χ0) is 22.9. The van der Waals surface area contributed by atoms with Crippen LogP contribution >= 0.6 is 0 Å². The number of carbonyl (C=O) groups is 1. The van der Waals surface area contributed by atoms with Gasteiger partial charge in [-0.1, -0.05) is 0 Å². The highest BCUT2D eigenvalue weighted by atomic mass is 19.4. The second kappa shape index (κ2) is 9.30. The van der Waals surface area contributed by atoms with E-state index >= 15 is 0 Å². The number of nitrogens with zero attached hydrogens (tertiary/aromatic N) is 6. The molecule has 0 N–H and O–H groups in total. The van der Waals surface area contributed by atoms with Crippen molar-refractivity contribution in [2.75, 3.05) is 39.3 Å². The molecule has 2 aliphatic rings. The molecule has 2 aliphatic heterocycles. The van der Waals surface area contributed by atoms with Crippen molar-refractivity contribution < 1.29 is 22.7 Å². The predicted molar refractivity (Wildman–Crippen MR) is 110 cm³/mol. The van der Waals surface area contributed by atoms with Crippen LogP contribution < -0.4 is 0 Å². The molecule has 2 aromatic heterocycles. The van der Waals surface area contributed by atoms with Gasteiger partial charge in [-0.15, -0.1) is 5.10 Å². The SMILES string of the molecule is Cc1nc2nc(C(F)(F)F)nn2c(C)c1CCC(=O)N1CCCN(C[C@H]2CCCO2)CC1. The maximum Gasteiger partial charge on any atom is 0.453 e. The molecule has 11 heteroatoms. The molecule has 0 bridgehead atoms. The number of amides is 1. The number of alkyl halides is 3. The van der Waals surface area contributed by atoms with E-state index in [2.05, 4.69) is 20.0 Å². The van der Waals surface area contributed by atoms with Crippen molar-refractivity contribution in [3.63, 3.8) is 0 Å². The van der Waals surface area contributed by atoms with Crippen LogP contribution in [0.25, 0.3) is 5.78 Å². The van der Waals surface area contributed by atoms with Crippen molar-refractivity contribution in [2.24, 2.45) is 0 Å². The fourth-order valence-corrected chi connectivity index (χ4v) is 4.56. The van der Waals surface area contributed by atoms with Crippen LogP contribution in [0.5, 0.6) is 0 Å². The molecule has 2 fully saturated rings. The molecule has 0 radical (unpaired) electrons. The highest BCUT2D eigenvalue weighted by Crippen LogP contribution is 2.27. The van der Waals surface area contributed by atoms with Gasteiger partial charge in [0.15, 0.2) is 0 Å². The first-order valence-corrected chi connectivity index (χ1v) is 11.1. The summed E-state index contributed by atoms with van der Waals surface area (Å²) >= 11 is 0. The van der Waals surface area contributed by atoms with E-state index in [0.29, 0.717) is 37.0 Å². The number of aryl methyl sites for hydroxylation is 2. The van der Waals surface area contributed by atoms with Gasteiger partial charge in [0.2, 0.25) is 5.91 Å². The number of fused-ring (bicyclic) bond motifs is 1. The van der Waals surface area contributed by atoms with E-state index < -0.39 is 12.0 Å². The number of hydrogen-bond donors (Lipinski definition) is 0. The fraction of sp³-hybridized carbons (Fsp3) is 0.714. The van der Waals surface area contributed by atoms with Gasteiger partial charge < -0.3 is 9.64 Å². The molecule has 0 aromatic carbocycles. The summed E-state index contributed by atoms with van der Waals surface area (Å²) in [7, 11) is 0. The first kappa shape index (κ1) is 22.9. The van der Waals surface area contributed by atoms with Crippen LogP contribution in [-0.2, 0) is 22.1 Å². The molecular weight excluding hydrogens is 425 g/mol. The molecule has 176 valence electrons. The molecule has 0 unspecified atom stereocenters. The Morgan fingerprint density at radius 3 is 2.66 bits per heavy atom. The van der Waals surface area contributed by atoms with E-state index in [0.717, 1.165) is 55.6 Å². The van der Waals surface area contributed by atoms with Crippen LogP contribution in [0, 0.1) is 13.8 Å². The molecule has 1 amide bonds. The molecule has 32 heavy (non-hydrogen) atoms. The highest BCUT2D eigenvalue weighted by molar-refractivity contribution is 5.76. The van der Waals surface area contributed by atoms with Crippen molar-refractivity contribution in [1.82, 2.24) is 29.4 Å². The number of ether oxygens (including phenoxy) is 1. The van der Waals surface area contributed by atoms with Crippen molar-refractivity contribution in [1.29, 1.82) is 0 Å². The smallest absolute Gasteiger partial charge is 0.377 e. The van der Waals surface area contributed by atoms with Crippen LogP contribution in [0.4, 0.5) is 13.2 Å². The van der Waals surface area contributed by atoms with E-state index in [-0.39, 0.29) is 18.1 Å². The third kappa shape index (κ3) is 5.03. The third-order valence-electron chi connectivity index (χ3n) is 6.32. The molecule has 0 aliphatic carbocycles. The van der Waals surface area contributed by atoms with Gasteiger partial charge in [0.25, 0.3) is 11.6 Å². The van der Waals surface area contributed by atoms with Gasteiger partial charge in [0.1, 0.15) is 0 Å². The topological polar surface area (TPSA) is 75.9 Å². The summed E-state index contributed by atoms with van der Waals surface area (Å²) in [6, 6.07) is 0. The first-order valence-electron chi connectivity index (χ1n) is 11.1. The Morgan fingerprint density at radius 1 is 1.12 bits per heavy atom. The molecule has 1 atom stereocenters. The van der Waals surface area contributed by atoms with Gasteiger partial charge in [-0.3, -0.25) is 9.69 Å². The minimum absolute atomic E-state index is 0.0532. The highest BCUT2D eigenvalue weighted by Gasteiger charge is 2.37. The van der Waals surface area contributed by atoms with E-state index in [1.54, 1.807) is 13.8 Å². The molecule has 2 aromatic rings. The number of aromatic nitrogens is 4. The molecule has 8 nitrogen and oxygen atoms in total. The summed E-state index contributed by atoms with van der Waals surface area (Å²) in [4.78, 5) is 24.8. The molecular formula is C21H29F3N6O2. The number of hydrogen-bond acceptors (Lipinski definition) is 6. The fourth-order valence-electron chi connectivity index (χ4n) is 4.56. The van der Waals surface area contributed by atoms with E-state index in [9.17, 15) is 18.0 Å². The van der Waals surface area contributed by atoms with E-state index in [4.69, 9.17) is 4.74 Å². The van der Waals surface area contributed by atoms with Crippen LogP contribution in [0.3, 0.4) is 0 Å². The van der Waals surface area contributed by atoms with Crippen molar-refractivity contribution in [3.05, 3.63) is 22.8 Å². The predicted octanol–water partition coefficient (Wildman–Crippen LogP) is 2.41. The van der Waals surface area contributed by atoms with Crippen molar-refractivity contribution in [3.8, 4) is 0 Å². The Hall–Kier alpha value is -2.27. The van der Waals surface area contributed by atoms with Crippen molar-refractivity contribution in [2.45, 2.75) is 58.2 Å². The lowest BCUT2D eigenvalue weighted by atomic mass is 10.1. The van der Waals surface area contributed by atoms with Crippen LogP contribution in [0.1, 0.15) is 48.5 Å². The number of halogens is 3. The van der Waals surface area contributed by atoms with Gasteiger partial charge in [-0.2, -0.15) is 18.2 Å². The lowest BCUT2D eigenvalue weighted by Crippen LogP contribution is -2.37. The summed E-state index contributed by atoms with van der Waals surface area (Å²) in [5, 5.41) is 3.57. The lowest BCUT2D eigenvalue weighted by molar-refractivity contribution is -0.144. The summed E-state index contributed by atoms with van der Waals surface area (Å²) in [5.41, 5.74) is 1.84. The van der Waals surface area contributed by atoms with Crippen molar-refractivity contribution >= 4 is 11.7 Å². The largest absolute Gasteiger partial charge is 0.453 e. The molecule has 4 rings (SSSR count). The standard InChI is InChI=1S/C21H29F3N6O2/c1-14-17(15(2)30-20(25-14)26-19(27-30)21(22,23)24)6-7-18(31)29-9-4-8-28(10-11-29)13-16-5-3-12-32-16/h16H,3-13H2,1-2H3/t16-/m1/s1. The van der Waals surface area contributed by atoms with E-state index in [1.165, 1.54) is 0 Å². The van der Waals surface area contributed by atoms with Gasteiger partial charge in [0.05, 0.1) is 6.10 Å². The Morgan fingerprint density at radius 2 is 1.94 bits per heavy atom. The normalized spacial score (nSPS) is 20.8. The second-order valence-corrected chi connectivity index (χ2v) is 8.58. The monoisotopic (exact) mass is 454 g/mol. The molecule has 2 saturated heterocycles. The van der Waals surface area contributed by atoms with Crippen LogP contribution in [0.15, 0.2) is 0 Å². The minimum Gasteiger partial charge on any atom is -0.377 e. The Kier molecular flexibility index (Phi) is 6.66. The van der Waals surface area contributed by atoms with E-state index in [1.807, 2.05) is 4.90 Å². The zero-order valence-corrected chi connectivity index (χ0v) is 18.5. The Bertz CT molecular complexity index is 971. The van der Waals surface area contributed by atoms with Gasteiger partial charge in [-0.05, 0) is 51.6 Å². The minimum atomic E-state index is -4.63. The quantitative estimate of drug-likeness (QED) is 0.691. The summed E-state index contributed by atoms with van der Waals surface area (Å²) in [5.74, 6) is -1.24. The summed E-state index contributed by atoms with van der Waals surface area (Å²) in [6.45, 7) is 8.35. The maximum absolute atomic E-state index is 13.0. The average Bonchev–Trinajstić information content (AvgIpc) is 3.33. The number of rotatable bonds is 5. The maximum atomic E-state index is 13.0. The van der Waals surface area contributed by atoms with Crippen LogP contribution in [-0.4, -0.2) is 80.7 Å². The second-order valence-electron chi connectivity index (χ2n) is 8.58. The zero-order valence-electron chi connectivity index (χ0n) is 18.5. The van der Waals surface area contributed by atoms with Gasteiger partial charge in [0, 0.05) is 50.6 Å². The summed E-state index contributed by atoms with van der Waals surface area (Å²) < 4.78 is 45.7. The Balaban J connectivity index is 1.38. The van der Waals surface area contributed by atoms with Crippen LogP contribution in [0.2, 0.25) is 0 Å². The van der Waals surface area contributed by atoms with Gasteiger partial charge >= 0.3 is 6.18 Å². The summed E-state index contributed by atoms with van der Waals surface area (Å²) in [6.07, 6.45) is -0.502. The number of carbonyl (C=O) groups excluding carboxylic acids is 1. The van der Waals surface area contributed by atoms with Gasteiger partial charge in [-0.25, -0.2) is 9.50 Å².